The number of hydrogen-bond acceptors (Lipinski definition) is 2. The van der Waals surface area contributed by atoms with Crippen molar-refractivity contribution in [2.75, 3.05) is 18.1 Å². The van der Waals surface area contributed by atoms with E-state index in [4.69, 9.17) is 4.74 Å². The molecule has 0 saturated carbocycles. The van der Waals surface area contributed by atoms with Gasteiger partial charge >= 0.3 is 0 Å². The van der Waals surface area contributed by atoms with Crippen LogP contribution in [0.3, 0.4) is 0 Å². The summed E-state index contributed by atoms with van der Waals surface area (Å²) in [5.74, 6) is 0.592. The number of halogens is 1. The molecule has 0 radical (unpaired) electrons. The quantitative estimate of drug-likeness (QED) is 0.866. The second-order valence-corrected chi connectivity index (χ2v) is 5.32. The molecule has 114 valence electrons. The minimum atomic E-state index is -0.250. The lowest BCUT2D eigenvalue weighted by atomic mass is 10.1. The van der Waals surface area contributed by atoms with Gasteiger partial charge in [0.15, 0.2) is 0 Å². The summed E-state index contributed by atoms with van der Waals surface area (Å²) in [5, 5.41) is 0. The van der Waals surface area contributed by atoms with Gasteiger partial charge in [-0.25, -0.2) is 4.39 Å². The van der Waals surface area contributed by atoms with Gasteiger partial charge in [0.2, 0.25) is 5.91 Å². The lowest BCUT2D eigenvalue weighted by molar-refractivity contribution is -0.117. The van der Waals surface area contributed by atoms with Gasteiger partial charge in [-0.05, 0) is 54.8 Å². The molecule has 1 aliphatic rings. The number of ether oxygens (including phenoxy) is 1. The molecular formula is C18H18FNO2. The fourth-order valence-electron chi connectivity index (χ4n) is 2.77. The monoisotopic (exact) mass is 299 g/mol. The van der Waals surface area contributed by atoms with Crippen molar-refractivity contribution in [3.05, 3.63) is 59.4 Å². The van der Waals surface area contributed by atoms with Gasteiger partial charge in [-0.15, -0.1) is 0 Å². The number of carbonyl (C=O) groups excluding carboxylic acids is 1. The van der Waals surface area contributed by atoms with Crippen molar-refractivity contribution in [1.82, 2.24) is 0 Å². The molecule has 0 bridgehead atoms. The summed E-state index contributed by atoms with van der Waals surface area (Å²) >= 11 is 0. The summed E-state index contributed by atoms with van der Waals surface area (Å²) in [5.41, 5.74) is 2.68. The average molecular weight is 299 g/mol. The SMILES string of the molecule is CCOc1ccc(CC(=O)N2CCc3cc(F)ccc32)cc1. The number of fused-ring (bicyclic) bond motifs is 1. The summed E-state index contributed by atoms with van der Waals surface area (Å²) in [6, 6.07) is 12.2. The molecule has 22 heavy (non-hydrogen) atoms. The molecule has 0 unspecified atom stereocenters. The number of rotatable bonds is 4. The molecule has 3 rings (SSSR count). The topological polar surface area (TPSA) is 29.5 Å². The van der Waals surface area contributed by atoms with E-state index < -0.39 is 0 Å². The molecule has 2 aromatic rings. The highest BCUT2D eigenvalue weighted by Crippen LogP contribution is 2.29. The van der Waals surface area contributed by atoms with E-state index in [2.05, 4.69) is 0 Å². The summed E-state index contributed by atoms with van der Waals surface area (Å²) in [6.07, 6.45) is 1.05. The standard InChI is InChI=1S/C18H18FNO2/c1-2-22-16-6-3-13(4-7-16)11-18(21)20-10-9-14-12-15(19)5-8-17(14)20/h3-8,12H,2,9-11H2,1H3. The van der Waals surface area contributed by atoms with Crippen molar-refractivity contribution in [1.29, 1.82) is 0 Å². The van der Waals surface area contributed by atoms with Crippen LogP contribution in [0.15, 0.2) is 42.5 Å². The van der Waals surface area contributed by atoms with Gasteiger partial charge in [0.05, 0.1) is 13.0 Å². The molecule has 0 atom stereocenters. The lowest BCUT2D eigenvalue weighted by Crippen LogP contribution is -2.30. The third-order valence-corrected chi connectivity index (χ3v) is 3.83. The van der Waals surface area contributed by atoms with Crippen LogP contribution >= 0.6 is 0 Å². The average Bonchev–Trinajstić information content (AvgIpc) is 2.92. The first-order chi connectivity index (χ1) is 10.7. The van der Waals surface area contributed by atoms with E-state index in [1.807, 2.05) is 31.2 Å². The van der Waals surface area contributed by atoms with E-state index in [9.17, 15) is 9.18 Å². The smallest absolute Gasteiger partial charge is 0.231 e. The molecule has 4 heteroatoms. The van der Waals surface area contributed by atoms with Crippen molar-refractivity contribution < 1.29 is 13.9 Å². The number of anilines is 1. The molecule has 0 saturated heterocycles. The van der Waals surface area contributed by atoms with Crippen molar-refractivity contribution in [3.8, 4) is 5.75 Å². The normalized spacial score (nSPS) is 13.1. The van der Waals surface area contributed by atoms with Crippen LogP contribution in [-0.2, 0) is 17.6 Å². The summed E-state index contributed by atoms with van der Waals surface area (Å²) in [7, 11) is 0. The molecule has 2 aromatic carbocycles. The van der Waals surface area contributed by atoms with Gasteiger partial charge in [0.25, 0.3) is 0 Å². The first kappa shape index (κ1) is 14.6. The maximum atomic E-state index is 13.2. The van der Waals surface area contributed by atoms with E-state index in [0.29, 0.717) is 26.0 Å². The lowest BCUT2D eigenvalue weighted by Gasteiger charge is -2.17. The first-order valence-electron chi connectivity index (χ1n) is 7.48. The van der Waals surface area contributed by atoms with Crippen LogP contribution in [0.4, 0.5) is 10.1 Å². The highest BCUT2D eigenvalue weighted by atomic mass is 19.1. The van der Waals surface area contributed by atoms with Crippen LogP contribution in [-0.4, -0.2) is 19.1 Å². The fraction of sp³-hybridized carbons (Fsp3) is 0.278. The van der Waals surface area contributed by atoms with Crippen LogP contribution in [0.5, 0.6) is 5.75 Å². The molecule has 3 nitrogen and oxygen atoms in total. The van der Waals surface area contributed by atoms with Crippen LogP contribution in [0, 0.1) is 5.82 Å². The van der Waals surface area contributed by atoms with Gasteiger partial charge in [-0.1, -0.05) is 12.1 Å². The van der Waals surface area contributed by atoms with Crippen molar-refractivity contribution in [3.63, 3.8) is 0 Å². The molecule has 0 fully saturated rings. The maximum absolute atomic E-state index is 13.2. The van der Waals surface area contributed by atoms with E-state index in [1.54, 1.807) is 11.0 Å². The highest BCUT2D eigenvalue weighted by molar-refractivity contribution is 5.96. The second kappa shape index (κ2) is 6.18. The zero-order chi connectivity index (χ0) is 15.5. The first-order valence-corrected chi connectivity index (χ1v) is 7.48. The number of nitrogens with zero attached hydrogens (tertiary/aromatic N) is 1. The van der Waals surface area contributed by atoms with E-state index in [1.165, 1.54) is 12.1 Å². The van der Waals surface area contributed by atoms with Gasteiger partial charge in [0.1, 0.15) is 11.6 Å². The van der Waals surface area contributed by atoms with E-state index in [0.717, 1.165) is 22.6 Å². The van der Waals surface area contributed by atoms with Gasteiger partial charge in [-0.2, -0.15) is 0 Å². The molecule has 0 spiro atoms. The Morgan fingerprint density at radius 1 is 1.23 bits per heavy atom. The second-order valence-electron chi connectivity index (χ2n) is 5.32. The largest absolute Gasteiger partial charge is 0.494 e. The van der Waals surface area contributed by atoms with Crippen LogP contribution in [0.25, 0.3) is 0 Å². The zero-order valence-electron chi connectivity index (χ0n) is 12.5. The zero-order valence-corrected chi connectivity index (χ0v) is 12.5. The Bertz CT molecular complexity index is 682. The summed E-state index contributed by atoms with van der Waals surface area (Å²) < 4.78 is 18.6. The Morgan fingerprint density at radius 2 is 2.00 bits per heavy atom. The number of carbonyl (C=O) groups is 1. The number of amides is 1. The third kappa shape index (κ3) is 2.96. The van der Waals surface area contributed by atoms with Crippen LogP contribution in [0.2, 0.25) is 0 Å². The fourth-order valence-corrected chi connectivity index (χ4v) is 2.77. The van der Waals surface area contributed by atoms with E-state index >= 15 is 0 Å². The van der Waals surface area contributed by atoms with Gasteiger partial charge in [0, 0.05) is 12.2 Å². The summed E-state index contributed by atoms with van der Waals surface area (Å²) in [6.45, 7) is 3.18. The van der Waals surface area contributed by atoms with Gasteiger partial charge < -0.3 is 9.64 Å². The Morgan fingerprint density at radius 3 is 2.73 bits per heavy atom. The van der Waals surface area contributed by atoms with Crippen molar-refractivity contribution >= 4 is 11.6 Å². The van der Waals surface area contributed by atoms with E-state index in [-0.39, 0.29) is 11.7 Å². The Labute approximate surface area is 129 Å². The predicted molar refractivity (Wildman–Crippen MR) is 83.8 cm³/mol. The molecule has 0 aromatic heterocycles. The van der Waals surface area contributed by atoms with Crippen molar-refractivity contribution in [2.45, 2.75) is 19.8 Å². The predicted octanol–water partition coefficient (Wildman–Crippen LogP) is 3.36. The molecule has 0 N–H and O–H groups in total. The molecule has 0 aliphatic carbocycles. The Kier molecular flexibility index (Phi) is 4.09. The molecular weight excluding hydrogens is 281 g/mol. The maximum Gasteiger partial charge on any atom is 0.231 e. The summed E-state index contributed by atoms with van der Waals surface area (Å²) in [4.78, 5) is 14.2. The molecule has 1 heterocycles. The number of benzene rings is 2. The van der Waals surface area contributed by atoms with Crippen LogP contribution < -0.4 is 9.64 Å². The number of hydrogen-bond donors (Lipinski definition) is 0. The highest BCUT2D eigenvalue weighted by Gasteiger charge is 2.24. The third-order valence-electron chi connectivity index (χ3n) is 3.83. The van der Waals surface area contributed by atoms with Gasteiger partial charge in [-0.3, -0.25) is 4.79 Å². The van der Waals surface area contributed by atoms with Crippen LogP contribution in [0.1, 0.15) is 18.1 Å². The minimum Gasteiger partial charge on any atom is -0.494 e. The Balaban J connectivity index is 1.71. The molecule has 1 aliphatic heterocycles. The minimum absolute atomic E-state index is 0.0366. The van der Waals surface area contributed by atoms with Crippen molar-refractivity contribution in [2.24, 2.45) is 0 Å². The Hall–Kier alpha value is -2.36. The molecule has 1 amide bonds.